The predicted octanol–water partition coefficient (Wildman–Crippen LogP) is 2.45. The van der Waals surface area contributed by atoms with E-state index < -0.39 is 0 Å². The molecule has 1 aromatic heterocycles. The van der Waals surface area contributed by atoms with Crippen LogP contribution >= 0.6 is 23.1 Å². The molecule has 2 aromatic rings. The summed E-state index contributed by atoms with van der Waals surface area (Å²) >= 11 is 2.77. The molecule has 2 heterocycles. The Labute approximate surface area is 124 Å². The number of benzene rings is 1. The fraction of sp³-hybridized carbons (Fsp3) is 0.231. The molecule has 0 unspecified atom stereocenters. The number of thiazole rings is 1. The Kier molecular flexibility index (Phi) is 3.54. The average Bonchev–Trinajstić information content (AvgIpc) is 2.87. The molecule has 20 heavy (non-hydrogen) atoms. The van der Waals surface area contributed by atoms with E-state index in [4.69, 9.17) is 15.2 Å². The van der Waals surface area contributed by atoms with Gasteiger partial charge in [0, 0.05) is 5.56 Å². The first-order chi connectivity index (χ1) is 9.69. The molecule has 7 heteroatoms. The molecule has 5 nitrogen and oxygen atoms in total. The van der Waals surface area contributed by atoms with Crippen molar-refractivity contribution in [3.63, 3.8) is 0 Å². The van der Waals surface area contributed by atoms with Crippen LogP contribution < -0.4 is 15.2 Å². The normalized spacial score (nSPS) is 13.2. The summed E-state index contributed by atoms with van der Waals surface area (Å²) < 4.78 is 11.7. The summed E-state index contributed by atoms with van der Waals surface area (Å²) in [5.41, 5.74) is 6.33. The molecule has 1 aliphatic heterocycles. The highest BCUT2D eigenvalue weighted by Gasteiger charge is 2.20. The van der Waals surface area contributed by atoms with Crippen molar-refractivity contribution in [2.24, 2.45) is 0 Å². The molecule has 0 spiro atoms. The van der Waals surface area contributed by atoms with Crippen molar-refractivity contribution < 1.29 is 14.3 Å². The molecule has 1 aromatic carbocycles. The highest BCUT2D eigenvalue weighted by molar-refractivity contribution is 8.00. The zero-order valence-corrected chi connectivity index (χ0v) is 12.3. The van der Waals surface area contributed by atoms with Gasteiger partial charge in [-0.15, -0.1) is 11.3 Å². The van der Waals surface area contributed by atoms with E-state index in [1.54, 1.807) is 18.2 Å². The van der Waals surface area contributed by atoms with Crippen LogP contribution in [0.3, 0.4) is 0 Å². The second kappa shape index (κ2) is 5.34. The van der Waals surface area contributed by atoms with Crippen LogP contribution in [0.2, 0.25) is 0 Å². The first-order valence-electron chi connectivity index (χ1n) is 5.93. The minimum absolute atomic E-state index is 0.141. The number of nitrogens with two attached hydrogens (primary N) is 1. The number of nitrogen functional groups attached to an aromatic ring is 1. The summed E-state index contributed by atoms with van der Waals surface area (Å²) in [7, 11) is 0. The standard InChI is InChI=1S/C13H12N2O3S2/c1-19-13-15-12(14)11(20-13)10(16)7-2-3-8-9(6-7)18-5-4-17-8/h2-3,6H,4-5,14H2,1H3. The van der Waals surface area contributed by atoms with Gasteiger partial charge in [0.2, 0.25) is 5.78 Å². The lowest BCUT2D eigenvalue weighted by Gasteiger charge is -2.18. The minimum atomic E-state index is -0.141. The molecule has 104 valence electrons. The number of hydrogen-bond donors (Lipinski definition) is 1. The molecule has 0 radical (unpaired) electrons. The van der Waals surface area contributed by atoms with Gasteiger partial charge in [0.1, 0.15) is 23.9 Å². The van der Waals surface area contributed by atoms with Crippen LogP contribution in [0.1, 0.15) is 15.2 Å². The minimum Gasteiger partial charge on any atom is -0.486 e. The van der Waals surface area contributed by atoms with Gasteiger partial charge >= 0.3 is 0 Å². The summed E-state index contributed by atoms with van der Waals surface area (Å²) in [6.45, 7) is 1.02. The first kappa shape index (κ1) is 13.3. The maximum absolute atomic E-state index is 12.5. The summed E-state index contributed by atoms with van der Waals surface area (Å²) in [4.78, 5) is 17.1. The average molecular weight is 308 g/mol. The number of ketones is 1. The number of rotatable bonds is 3. The Morgan fingerprint density at radius 3 is 2.80 bits per heavy atom. The van der Waals surface area contributed by atoms with E-state index in [1.165, 1.54) is 23.1 Å². The van der Waals surface area contributed by atoms with Crippen LogP contribution in [-0.2, 0) is 0 Å². The Balaban J connectivity index is 1.95. The molecule has 3 rings (SSSR count). The lowest BCUT2D eigenvalue weighted by molar-refractivity contribution is 0.104. The van der Waals surface area contributed by atoms with Gasteiger partial charge in [0.25, 0.3) is 0 Å². The number of anilines is 1. The Morgan fingerprint density at radius 1 is 1.35 bits per heavy atom. The van der Waals surface area contributed by atoms with Gasteiger partial charge in [0.15, 0.2) is 15.8 Å². The molecule has 0 atom stereocenters. The maximum atomic E-state index is 12.5. The van der Waals surface area contributed by atoms with Crippen molar-refractivity contribution in [3.8, 4) is 11.5 Å². The first-order valence-corrected chi connectivity index (χ1v) is 7.98. The Bertz CT molecular complexity index is 670. The van der Waals surface area contributed by atoms with Gasteiger partial charge in [-0.2, -0.15) is 0 Å². The topological polar surface area (TPSA) is 74.4 Å². The molecule has 1 aliphatic rings. The van der Waals surface area contributed by atoms with Crippen molar-refractivity contribution in [3.05, 3.63) is 28.6 Å². The Morgan fingerprint density at radius 2 is 2.10 bits per heavy atom. The van der Waals surface area contributed by atoms with E-state index in [-0.39, 0.29) is 11.6 Å². The molecule has 0 bridgehead atoms. The van der Waals surface area contributed by atoms with E-state index in [0.717, 1.165) is 4.34 Å². The summed E-state index contributed by atoms with van der Waals surface area (Å²) in [5, 5.41) is 0. The fourth-order valence-electron chi connectivity index (χ4n) is 1.88. The highest BCUT2D eigenvalue weighted by Crippen LogP contribution is 2.34. The van der Waals surface area contributed by atoms with Crippen LogP contribution in [-0.4, -0.2) is 30.2 Å². The third-order valence-corrected chi connectivity index (χ3v) is 4.87. The lowest BCUT2D eigenvalue weighted by atomic mass is 10.1. The third kappa shape index (κ3) is 2.34. The predicted molar refractivity (Wildman–Crippen MR) is 79.2 cm³/mol. The smallest absolute Gasteiger partial charge is 0.206 e. The number of thioether (sulfide) groups is 1. The molecular formula is C13H12N2O3S2. The van der Waals surface area contributed by atoms with E-state index in [9.17, 15) is 4.79 Å². The number of carbonyl (C=O) groups is 1. The monoisotopic (exact) mass is 308 g/mol. The number of hydrogen-bond acceptors (Lipinski definition) is 7. The van der Waals surface area contributed by atoms with Gasteiger partial charge in [-0.3, -0.25) is 4.79 Å². The quantitative estimate of drug-likeness (QED) is 0.693. The number of fused-ring (bicyclic) bond motifs is 1. The number of ether oxygens (including phenoxy) is 2. The van der Waals surface area contributed by atoms with Gasteiger partial charge in [-0.25, -0.2) is 4.98 Å². The second-order valence-corrected chi connectivity index (χ2v) is 6.14. The van der Waals surface area contributed by atoms with Crippen LogP contribution in [0, 0.1) is 0 Å². The molecule has 0 fully saturated rings. The summed E-state index contributed by atoms with van der Waals surface area (Å²) in [6, 6.07) is 5.15. The van der Waals surface area contributed by atoms with Crippen molar-refractivity contribution >= 4 is 34.7 Å². The zero-order valence-electron chi connectivity index (χ0n) is 10.7. The van der Waals surface area contributed by atoms with Gasteiger partial charge in [0.05, 0.1) is 0 Å². The van der Waals surface area contributed by atoms with Crippen molar-refractivity contribution in [1.82, 2.24) is 4.98 Å². The summed E-state index contributed by atoms with van der Waals surface area (Å²) in [6.07, 6.45) is 1.90. The maximum Gasteiger partial charge on any atom is 0.206 e. The highest BCUT2D eigenvalue weighted by atomic mass is 32.2. The van der Waals surface area contributed by atoms with E-state index >= 15 is 0 Å². The number of nitrogens with zero attached hydrogens (tertiary/aromatic N) is 1. The molecular weight excluding hydrogens is 296 g/mol. The number of aromatic nitrogens is 1. The van der Waals surface area contributed by atoms with Crippen LogP contribution in [0.25, 0.3) is 0 Å². The van der Waals surface area contributed by atoms with Gasteiger partial charge in [-0.1, -0.05) is 11.8 Å². The van der Waals surface area contributed by atoms with Crippen molar-refractivity contribution in [1.29, 1.82) is 0 Å². The SMILES string of the molecule is CSc1nc(N)c(C(=O)c2ccc3c(c2)OCCO3)s1. The van der Waals surface area contributed by atoms with Crippen LogP contribution in [0.4, 0.5) is 5.82 Å². The molecule has 0 aliphatic carbocycles. The van der Waals surface area contributed by atoms with E-state index in [0.29, 0.717) is 35.2 Å². The Hall–Kier alpha value is -1.73. The second-order valence-electron chi connectivity index (χ2n) is 4.09. The zero-order chi connectivity index (χ0) is 14.1. The van der Waals surface area contributed by atoms with E-state index in [1.807, 2.05) is 6.26 Å². The fourth-order valence-corrected chi connectivity index (χ4v) is 3.33. The van der Waals surface area contributed by atoms with Gasteiger partial charge in [-0.05, 0) is 24.5 Å². The summed E-state index contributed by atoms with van der Waals surface area (Å²) in [5.74, 6) is 1.39. The third-order valence-electron chi connectivity index (χ3n) is 2.82. The van der Waals surface area contributed by atoms with Gasteiger partial charge < -0.3 is 15.2 Å². The van der Waals surface area contributed by atoms with Crippen molar-refractivity contribution in [2.45, 2.75) is 4.34 Å². The van der Waals surface area contributed by atoms with E-state index in [2.05, 4.69) is 4.98 Å². The molecule has 0 saturated carbocycles. The lowest BCUT2D eigenvalue weighted by Crippen LogP contribution is -2.15. The number of carbonyl (C=O) groups excluding carboxylic acids is 1. The molecule has 0 amide bonds. The molecule has 0 saturated heterocycles. The van der Waals surface area contributed by atoms with Crippen molar-refractivity contribution in [2.75, 3.05) is 25.2 Å². The molecule has 2 N–H and O–H groups in total. The van der Waals surface area contributed by atoms with Crippen LogP contribution in [0.15, 0.2) is 22.5 Å². The largest absolute Gasteiger partial charge is 0.486 e. The van der Waals surface area contributed by atoms with Crippen LogP contribution in [0.5, 0.6) is 11.5 Å².